The van der Waals surface area contributed by atoms with Gasteiger partial charge in [-0.1, -0.05) is 6.92 Å². The van der Waals surface area contributed by atoms with Crippen molar-refractivity contribution in [3.05, 3.63) is 48.8 Å². The van der Waals surface area contributed by atoms with Crippen molar-refractivity contribution in [3.63, 3.8) is 0 Å². The lowest BCUT2D eigenvalue weighted by Crippen LogP contribution is -2.53. The summed E-state index contributed by atoms with van der Waals surface area (Å²) in [7, 11) is 2.02. The number of pyridine rings is 1. The Morgan fingerprint density at radius 1 is 1.25 bits per heavy atom. The standard InChI is InChI=1S/C22H24F3N5O2/c1-14-9-12-30(21(31)28-15-3-5-16(6-4-15)32-22(23,24)25)13-19(14)29(2)18-8-11-27-20-17(18)7-10-26-20/h3-8,10-11,14,19H,9,12-13H2,1-2H3,(H,26,27)(H,28,31)/t14-,19?/m1/s1. The highest BCUT2D eigenvalue weighted by Crippen LogP contribution is 2.30. The second kappa shape index (κ2) is 8.60. The average Bonchev–Trinajstić information content (AvgIpc) is 3.23. The van der Waals surface area contributed by atoms with Crippen LogP contribution in [0.1, 0.15) is 13.3 Å². The van der Waals surface area contributed by atoms with E-state index in [0.717, 1.165) is 23.1 Å². The third-order valence-corrected chi connectivity index (χ3v) is 5.86. The third-order valence-electron chi connectivity index (χ3n) is 5.86. The van der Waals surface area contributed by atoms with Crippen LogP contribution in [0.4, 0.5) is 29.3 Å². The molecule has 1 aromatic carbocycles. The van der Waals surface area contributed by atoms with Crippen LogP contribution in [0.15, 0.2) is 48.8 Å². The number of nitrogens with zero attached hydrogens (tertiary/aromatic N) is 3. The van der Waals surface area contributed by atoms with E-state index in [0.29, 0.717) is 24.7 Å². The van der Waals surface area contributed by atoms with Gasteiger partial charge < -0.3 is 24.8 Å². The molecule has 170 valence electrons. The van der Waals surface area contributed by atoms with Gasteiger partial charge in [-0.15, -0.1) is 13.2 Å². The van der Waals surface area contributed by atoms with E-state index >= 15 is 0 Å². The number of benzene rings is 1. The molecule has 1 aliphatic heterocycles. The van der Waals surface area contributed by atoms with Crippen molar-refractivity contribution in [3.8, 4) is 5.75 Å². The number of aromatic nitrogens is 2. The van der Waals surface area contributed by atoms with E-state index in [-0.39, 0.29) is 17.8 Å². The predicted octanol–water partition coefficient (Wildman–Crippen LogP) is 4.84. The van der Waals surface area contributed by atoms with E-state index in [2.05, 4.69) is 31.8 Å². The number of anilines is 2. The summed E-state index contributed by atoms with van der Waals surface area (Å²) < 4.78 is 40.8. The van der Waals surface area contributed by atoms with E-state index in [1.54, 1.807) is 11.1 Å². The van der Waals surface area contributed by atoms with Crippen molar-refractivity contribution in [2.75, 3.05) is 30.4 Å². The third kappa shape index (κ3) is 4.74. The van der Waals surface area contributed by atoms with E-state index in [1.807, 2.05) is 25.4 Å². The van der Waals surface area contributed by atoms with Crippen LogP contribution < -0.4 is 15.0 Å². The first kappa shape index (κ1) is 21.8. The van der Waals surface area contributed by atoms with Crippen molar-refractivity contribution in [1.29, 1.82) is 0 Å². The molecule has 3 heterocycles. The molecule has 0 bridgehead atoms. The van der Waals surface area contributed by atoms with Gasteiger partial charge >= 0.3 is 12.4 Å². The number of ether oxygens (including phenoxy) is 1. The van der Waals surface area contributed by atoms with Gasteiger partial charge in [0.25, 0.3) is 0 Å². The number of carbonyl (C=O) groups excluding carboxylic acids is 1. The fourth-order valence-corrected chi connectivity index (χ4v) is 4.11. The number of carbonyl (C=O) groups is 1. The molecule has 0 aliphatic carbocycles. The van der Waals surface area contributed by atoms with Gasteiger partial charge in [0.2, 0.25) is 0 Å². The summed E-state index contributed by atoms with van der Waals surface area (Å²) in [6.45, 7) is 3.29. The lowest BCUT2D eigenvalue weighted by Gasteiger charge is -2.42. The number of H-pyrrole nitrogens is 1. The molecule has 4 rings (SSSR count). The number of likely N-dealkylation sites (tertiary alicyclic amines) is 1. The molecule has 1 fully saturated rings. The molecule has 0 spiro atoms. The number of likely N-dealkylation sites (N-methyl/N-ethyl adjacent to an activating group) is 1. The molecule has 2 atom stereocenters. The highest BCUT2D eigenvalue weighted by Gasteiger charge is 2.33. The number of hydrogen-bond donors (Lipinski definition) is 2. The van der Waals surface area contributed by atoms with Crippen LogP contribution >= 0.6 is 0 Å². The van der Waals surface area contributed by atoms with Crippen molar-refractivity contribution < 1.29 is 22.7 Å². The van der Waals surface area contributed by atoms with E-state index < -0.39 is 6.36 Å². The Morgan fingerprint density at radius 2 is 2.00 bits per heavy atom. The number of hydrogen-bond acceptors (Lipinski definition) is 4. The molecule has 7 nitrogen and oxygen atoms in total. The number of nitrogens with one attached hydrogen (secondary N) is 2. The van der Waals surface area contributed by atoms with Gasteiger partial charge in [0.1, 0.15) is 11.4 Å². The van der Waals surface area contributed by atoms with Crippen molar-refractivity contribution in [2.45, 2.75) is 25.7 Å². The molecule has 10 heteroatoms. The van der Waals surface area contributed by atoms with Gasteiger partial charge in [0, 0.05) is 55.3 Å². The van der Waals surface area contributed by atoms with E-state index in [1.165, 1.54) is 24.3 Å². The minimum atomic E-state index is -4.75. The molecule has 3 aromatic rings. The average molecular weight is 447 g/mol. The Labute approximate surface area is 183 Å². The summed E-state index contributed by atoms with van der Waals surface area (Å²) in [5.74, 6) is 0.0300. The fraction of sp³-hybridized carbons (Fsp3) is 0.364. The van der Waals surface area contributed by atoms with Gasteiger partial charge in [-0.2, -0.15) is 0 Å². The van der Waals surface area contributed by atoms with E-state index in [9.17, 15) is 18.0 Å². The maximum atomic E-state index is 12.8. The van der Waals surface area contributed by atoms with Crippen LogP contribution in [0.3, 0.4) is 0 Å². The molecule has 2 N–H and O–H groups in total. The zero-order chi connectivity index (χ0) is 22.9. The fourth-order valence-electron chi connectivity index (χ4n) is 4.11. The molecule has 1 unspecified atom stereocenters. The van der Waals surface area contributed by atoms with Gasteiger partial charge in [-0.25, -0.2) is 9.78 Å². The second-order valence-electron chi connectivity index (χ2n) is 7.96. The monoisotopic (exact) mass is 447 g/mol. The number of fused-ring (bicyclic) bond motifs is 1. The molecular formula is C22H24F3N5O2. The largest absolute Gasteiger partial charge is 0.573 e. The van der Waals surface area contributed by atoms with Gasteiger partial charge in [0.15, 0.2) is 0 Å². The first-order chi connectivity index (χ1) is 15.2. The summed E-state index contributed by atoms with van der Waals surface area (Å²) in [4.78, 5) is 24.2. The van der Waals surface area contributed by atoms with Gasteiger partial charge in [-0.3, -0.25) is 0 Å². The quantitative estimate of drug-likeness (QED) is 0.600. The Hall–Kier alpha value is -3.43. The maximum absolute atomic E-state index is 12.8. The summed E-state index contributed by atoms with van der Waals surface area (Å²) in [6.07, 6.45) is -0.307. The molecule has 0 radical (unpaired) electrons. The number of urea groups is 1. The second-order valence-corrected chi connectivity index (χ2v) is 7.96. The minimum Gasteiger partial charge on any atom is -0.406 e. The smallest absolute Gasteiger partial charge is 0.406 e. The summed E-state index contributed by atoms with van der Waals surface area (Å²) >= 11 is 0. The number of amides is 2. The minimum absolute atomic E-state index is 0.0950. The molecule has 1 aliphatic rings. The first-order valence-corrected chi connectivity index (χ1v) is 10.3. The predicted molar refractivity (Wildman–Crippen MR) is 116 cm³/mol. The highest BCUT2D eigenvalue weighted by atomic mass is 19.4. The van der Waals surface area contributed by atoms with E-state index in [4.69, 9.17) is 0 Å². The number of aromatic amines is 1. The van der Waals surface area contributed by atoms with Crippen LogP contribution in [0.2, 0.25) is 0 Å². The highest BCUT2D eigenvalue weighted by molar-refractivity contribution is 5.91. The lowest BCUT2D eigenvalue weighted by molar-refractivity contribution is -0.274. The normalized spacial score (nSPS) is 19.1. The van der Waals surface area contributed by atoms with Gasteiger partial charge in [-0.05, 0) is 48.7 Å². The number of rotatable bonds is 4. The molecule has 2 amide bonds. The molecule has 32 heavy (non-hydrogen) atoms. The zero-order valence-electron chi connectivity index (χ0n) is 17.7. The van der Waals surface area contributed by atoms with Gasteiger partial charge in [0.05, 0.1) is 0 Å². The number of halogens is 3. The molecular weight excluding hydrogens is 423 g/mol. The topological polar surface area (TPSA) is 73.5 Å². The summed E-state index contributed by atoms with van der Waals surface area (Å²) in [6, 6.07) is 8.86. The van der Waals surface area contributed by atoms with Crippen molar-refractivity contribution in [1.82, 2.24) is 14.9 Å². The van der Waals surface area contributed by atoms with Crippen LogP contribution in [0.25, 0.3) is 11.0 Å². The van der Waals surface area contributed by atoms with Crippen LogP contribution in [-0.4, -0.2) is 53.4 Å². The SMILES string of the molecule is C[C@@H]1CCN(C(=O)Nc2ccc(OC(F)(F)F)cc2)CC1N(C)c1ccnc2[nH]ccc12. The van der Waals surface area contributed by atoms with Crippen molar-refractivity contribution >= 4 is 28.4 Å². The Morgan fingerprint density at radius 3 is 2.72 bits per heavy atom. The molecule has 1 saturated heterocycles. The zero-order valence-corrected chi connectivity index (χ0v) is 17.7. The van der Waals surface area contributed by atoms with Crippen LogP contribution in [0.5, 0.6) is 5.75 Å². The van der Waals surface area contributed by atoms with Crippen LogP contribution in [-0.2, 0) is 0 Å². The summed E-state index contributed by atoms with van der Waals surface area (Å²) in [5, 5.41) is 3.78. The summed E-state index contributed by atoms with van der Waals surface area (Å²) in [5.41, 5.74) is 2.25. The molecule has 2 aromatic heterocycles. The Kier molecular flexibility index (Phi) is 5.86. The maximum Gasteiger partial charge on any atom is 0.573 e. The lowest BCUT2D eigenvalue weighted by atomic mass is 9.92. The van der Waals surface area contributed by atoms with Crippen LogP contribution in [0, 0.1) is 5.92 Å². The number of alkyl halides is 3. The first-order valence-electron chi connectivity index (χ1n) is 10.3. The van der Waals surface area contributed by atoms with Crippen molar-refractivity contribution in [2.24, 2.45) is 5.92 Å². The Bertz CT molecular complexity index is 1080. The molecule has 0 saturated carbocycles. The Balaban J connectivity index is 1.43. The number of piperidine rings is 1.